The Balaban J connectivity index is 0.000000328. The summed E-state index contributed by atoms with van der Waals surface area (Å²) in [7, 11) is 1.81. The number of carboxylic acids is 2. The van der Waals surface area contributed by atoms with Crippen molar-refractivity contribution in [2.75, 3.05) is 34.9 Å². The Morgan fingerprint density at radius 2 is 1.57 bits per heavy atom. The van der Waals surface area contributed by atoms with Crippen LogP contribution in [-0.4, -0.2) is 65.9 Å². The van der Waals surface area contributed by atoms with E-state index in [1.165, 1.54) is 12.1 Å². The second kappa shape index (κ2) is 17.7. The van der Waals surface area contributed by atoms with Crippen LogP contribution >= 0.6 is 23.2 Å². The van der Waals surface area contributed by atoms with Crippen LogP contribution < -0.4 is 67.8 Å². The van der Waals surface area contributed by atoms with Gasteiger partial charge in [-0.15, -0.1) is 0 Å². The quantitative estimate of drug-likeness (QED) is 0.0921. The Bertz CT molecular complexity index is 2050. The van der Waals surface area contributed by atoms with Gasteiger partial charge in [0.05, 0.1) is 34.2 Å². The molecule has 260 valence electrons. The fourth-order valence-electron chi connectivity index (χ4n) is 4.65. The maximum absolute atomic E-state index is 12.4. The molecule has 0 bridgehead atoms. The normalized spacial score (nSPS) is 11.1. The Morgan fingerprint density at radius 3 is 2.18 bits per heavy atom. The van der Waals surface area contributed by atoms with E-state index in [0.717, 1.165) is 16.8 Å². The van der Waals surface area contributed by atoms with Crippen molar-refractivity contribution in [2.24, 2.45) is 0 Å². The molecule has 5 rings (SSSR count). The molecule has 2 aromatic carbocycles. The maximum Gasteiger partial charge on any atom is 1.00 e. The Kier molecular flexibility index (Phi) is 14.0. The number of carbonyl (C=O) groups excluding carboxylic acids is 2. The van der Waals surface area contributed by atoms with Gasteiger partial charge in [0.15, 0.2) is 17.0 Å². The van der Waals surface area contributed by atoms with Crippen molar-refractivity contribution in [3.63, 3.8) is 0 Å². The predicted octanol–water partition coefficient (Wildman–Crippen LogP) is -1.14. The number of halogens is 2. The summed E-state index contributed by atoms with van der Waals surface area (Å²) >= 11 is 11.8. The molecule has 0 radical (unpaired) electrons. The van der Waals surface area contributed by atoms with Gasteiger partial charge >= 0.3 is 35.5 Å². The summed E-state index contributed by atoms with van der Waals surface area (Å²) < 4.78 is 0. The Morgan fingerprint density at radius 1 is 0.922 bits per heavy atom. The van der Waals surface area contributed by atoms with E-state index in [4.69, 9.17) is 51.2 Å². The number of nitrogen functional groups attached to an aromatic ring is 4. The molecule has 5 aromatic rings. The van der Waals surface area contributed by atoms with E-state index in [0.29, 0.717) is 45.0 Å². The first-order valence-corrected chi connectivity index (χ1v) is 15.3. The molecule has 3 aromatic heterocycles. The van der Waals surface area contributed by atoms with Crippen LogP contribution in [0.2, 0.25) is 10.0 Å². The largest absolute Gasteiger partial charge is 1.00 e. The molecule has 0 saturated carbocycles. The summed E-state index contributed by atoms with van der Waals surface area (Å²) in [5.74, 6) is -2.73. The molecular formula is C31H31Cl2N12NaO5. The van der Waals surface area contributed by atoms with Gasteiger partial charge in [-0.25, -0.2) is 19.7 Å². The number of nitrogens with one attached hydrogen (secondary N) is 1. The molecular weight excluding hydrogens is 714 g/mol. The van der Waals surface area contributed by atoms with Gasteiger partial charge in [0.2, 0.25) is 11.9 Å². The summed E-state index contributed by atoms with van der Waals surface area (Å²) in [4.78, 5) is 60.5. The number of anilines is 5. The first-order valence-electron chi connectivity index (χ1n) is 14.6. The zero-order valence-electron chi connectivity index (χ0n) is 27.6. The molecule has 0 aliphatic heterocycles. The number of benzene rings is 2. The molecule has 51 heavy (non-hydrogen) atoms. The number of fused-ring (bicyclic) bond motifs is 1. The van der Waals surface area contributed by atoms with Crippen molar-refractivity contribution >= 4 is 81.4 Å². The van der Waals surface area contributed by atoms with Crippen LogP contribution in [0.1, 0.15) is 34.6 Å². The van der Waals surface area contributed by atoms with E-state index < -0.39 is 30.3 Å². The number of aryl methyl sites for hydroxylation is 1. The predicted molar refractivity (Wildman–Crippen MR) is 187 cm³/mol. The van der Waals surface area contributed by atoms with Crippen LogP contribution in [0.5, 0.6) is 0 Å². The van der Waals surface area contributed by atoms with E-state index in [1.807, 2.05) is 24.9 Å². The van der Waals surface area contributed by atoms with E-state index in [2.05, 4.69) is 35.2 Å². The average Bonchev–Trinajstić information content (AvgIpc) is 3.04. The fourth-order valence-corrected chi connectivity index (χ4v) is 4.95. The minimum absolute atomic E-state index is 0. The summed E-state index contributed by atoms with van der Waals surface area (Å²) in [6, 6.07) is 10.3. The van der Waals surface area contributed by atoms with Crippen LogP contribution in [-0.2, 0) is 16.1 Å². The Hall–Kier alpha value is -5.07. The van der Waals surface area contributed by atoms with Crippen molar-refractivity contribution < 1.29 is 54.2 Å². The topological polar surface area (TPSA) is 291 Å². The summed E-state index contributed by atoms with van der Waals surface area (Å²) in [6.45, 7) is 2.18. The van der Waals surface area contributed by atoms with E-state index in [9.17, 15) is 19.5 Å². The third kappa shape index (κ3) is 10.7. The molecule has 1 amide bonds. The number of carboxylic acid groups (broad SMARTS) is 2. The van der Waals surface area contributed by atoms with E-state index in [-0.39, 0.29) is 59.3 Å². The van der Waals surface area contributed by atoms with Crippen LogP contribution in [0.4, 0.5) is 29.2 Å². The number of nitrogens with zero attached hydrogens (tertiary/aromatic N) is 7. The van der Waals surface area contributed by atoms with Crippen LogP contribution in [0.15, 0.2) is 48.7 Å². The molecule has 17 nitrogen and oxygen atoms in total. The molecule has 20 heteroatoms. The summed E-state index contributed by atoms with van der Waals surface area (Å²) in [5.41, 5.74) is 27.2. The minimum atomic E-state index is -1.39. The van der Waals surface area contributed by atoms with Gasteiger partial charge in [-0.2, -0.15) is 15.0 Å². The van der Waals surface area contributed by atoms with Gasteiger partial charge in [0.25, 0.3) is 5.91 Å². The number of rotatable bonds is 10. The molecule has 0 saturated heterocycles. The first-order chi connectivity index (χ1) is 23.6. The number of aliphatic carboxylic acids is 2. The SMILES string of the molecule is CN(Cc1cnc2nc(N)nc(N)c2n1)c1ccc(C(=O)N[C@@H](CCC(=O)[O-])C(=O)O)cc1.Cc1nc(N)nc(N)c1-c1ccc(Cl)c(Cl)c1.[Na+]. The van der Waals surface area contributed by atoms with Gasteiger partial charge < -0.3 is 48.2 Å². The minimum Gasteiger partial charge on any atom is -0.550 e. The number of nitrogens with two attached hydrogens (primary N) is 4. The second-order valence-electron chi connectivity index (χ2n) is 10.7. The van der Waals surface area contributed by atoms with E-state index >= 15 is 0 Å². The number of amides is 1. The zero-order chi connectivity index (χ0) is 36.7. The zero-order valence-corrected chi connectivity index (χ0v) is 31.1. The molecule has 0 aliphatic carbocycles. The van der Waals surface area contributed by atoms with Gasteiger partial charge in [0.1, 0.15) is 11.9 Å². The molecule has 0 fully saturated rings. The molecule has 0 spiro atoms. The maximum atomic E-state index is 12.4. The standard InChI is InChI=1S/C20H22N8O5.C11H10Cl2N4.Na/c1-28(9-11-8-23-17-15(24-11)16(21)26-20(22)27-17)12-4-2-10(3-5-12)18(31)25-13(19(32)33)6-7-14(29)30;1-5-9(10(14)17-11(15)16-5)6-2-3-7(12)8(13)4-6;/h2-5,8,13H,6-7,9H2,1H3,(H,25,31)(H,29,30)(H,32,33)(H4,21,22,23,26,27);2-4H,1H3,(H4,14,15,16,17);/q;;+1/p-1/t13-;;/m0../s1. The number of aromatic nitrogens is 6. The van der Waals surface area contributed by atoms with Crippen LogP contribution in [0, 0.1) is 6.92 Å². The molecule has 10 N–H and O–H groups in total. The second-order valence-corrected chi connectivity index (χ2v) is 11.5. The third-order valence-electron chi connectivity index (χ3n) is 7.05. The molecule has 1 atom stereocenters. The van der Waals surface area contributed by atoms with Gasteiger partial charge in [-0.05, 0) is 61.7 Å². The van der Waals surface area contributed by atoms with Crippen molar-refractivity contribution in [1.29, 1.82) is 0 Å². The molecule has 0 unspecified atom stereocenters. The van der Waals surface area contributed by atoms with Crippen LogP contribution in [0.25, 0.3) is 22.3 Å². The third-order valence-corrected chi connectivity index (χ3v) is 7.79. The number of hydrogen-bond acceptors (Lipinski definition) is 15. The van der Waals surface area contributed by atoms with Crippen molar-refractivity contribution in [3.8, 4) is 11.1 Å². The average molecular weight is 746 g/mol. The number of carbonyl (C=O) groups is 3. The molecule has 3 heterocycles. The summed E-state index contributed by atoms with van der Waals surface area (Å²) in [5, 5.41) is 23.0. The van der Waals surface area contributed by atoms with Crippen molar-refractivity contribution in [2.45, 2.75) is 32.4 Å². The van der Waals surface area contributed by atoms with Crippen molar-refractivity contribution in [3.05, 3.63) is 75.7 Å². The monoisotopic (exact) mass is 744 g/mol. The summed E-state index contributed by atoms with van der Waals surface area (Å²) in [6.07, 6.45) is 0.786. The molecule has 0 aliphatic rings. The van der Waals surface area contributed by atoms with Gasteiger partial charge in [0, 0.05) is 29.8 Å². The number of hydrogen-bond donors (Lipinski definition) is 6. The van der Waals surface area contributed by atoms with Crippen molar-refractivity contribution in [1.82, 2.24) is 35.2 Å². The van der Waals surface area contributed by atoms with Crippen LogP contribution in [0.3, 0.4) is 0 Å². The fraction of sp³-hybridized carbons (Fsp3) is 0.194. The Labute approximate surface area is 323 Å². The first kappa shape index (κ1) is 40.4. The van der Waals surface area contributed by atoms with E-state index in [1.54, 1.807) is 30.5 Å². The smallest absolute Gasteiger partial charge is 0.550 e. The van der Waals surface area contributed by atoms with Gasteiger partial charge in [-0.1, -0.05) is 29.3 Å². The van der Waals surface area contributed by atoms with Gasteiger partial charge in [-0.3, -0.25) is 4.79 Å².